The van der Waals surface area contributed by atoms with E-state index in [2.05, 4.69) is 31.8 Å². The molecular weight excluding hydrogens is 539 g/mol. The van der Waals surface area contributed by atoms with Gasteiger partial charge in [-0.05, 0) is 31.0 Å². The maximum Gasteiger partial charge on any atom is 0.223 e. The van der Waals surface area contributed by atoms with Gasteiger partial charge in [0.2, 0.25) is 16.0 Å². The van der Waals surface area contributed by atoms with Crippen molar-refractivity contribution in [1.29, 1.82) is 5.26 Å². The van der Waals surface area contributed by atoms with Crippen LogP contribution in [0.15, 0.2) is 36.8 Å². The van der Waals surface area contributed by atoms with E-state index in [1.165, 1.54) is 24.0 Å². The number of halogens is 2. The van der Waals surface area contributed by atoms with Crippen molar-refractivity contribution < 1.29 is 12.8 Å². The van der Waals surface area contributed by atoms with Crippen LogP contribution >= 0.6 is 11.6 Å². The predicted molar refractivity (Wildman–Crippen MR) is 149 cm³/mol. The third-order valence-electron chi connectivity index (χ3n) is 6.20. The van der Waals surface area contributed by atoms with E-state index in [1.54, 1.807) is 24.4 Å². The van der Waals surface area contributed by atoms with E-state index >= 15 is 0 Å². The highest BCUT2D eigenvalue weighted by Crippen LogP contribution is 2.27. The number of nitriles is 1. The largest absolute Gasteiger partial charge is 0.348 e. The molecule has 2 N–H and O–H groups in total. The fourth-order valence-electron chi connectivity index (χ4n) is 4.07. The second-order valence-corrected chi connectivity index (χ2v) is 11.8. The summed E-state index contributed by atoms with van der Waals surface area (Å²) in [6.07, 6.45) is 3.30. The Hall–Kier alpha value is -2.92. The number of piperidine rings is 1. The summed E-state index contributed by atoms with van der Waals surface area (Å²) in [5.74, 6) is 0.0272. The maximum atomic E-state index is 14.9. The van der Waals surface area contributed by atoms with Gasteiger partial charge in [0.1, 0.15) is 12.2 Å². The molecule has 1 fully saturated rings. The SMILES string of the molecule is [B]C([B])([B])NCc1ccc(-n2cc(-c3nc(N[C@H]4CCN(S(=O)(=O)CC)C[C@H]4F)ncc3C#N)cn2)c(Cl)c1. The molecule has 39 heavy (non-hydrogen) atoms. The first-order valence-electron chi connectivity index (χ1n) is 12.0. The van der Waals surface area contributed by atoms with Gasteiger partial charge < -0.3 is 10.6 Å². The standard InChI is InChI=1S/C23H23B3ClFN8O2S/c1-2-39(37,38)35-6-5-19(18(28)13-35)33-22-30-10-15(8-29)21(34-22)16-11-32-36(12-16)20-4-3-14(7-17(20)27)9-31-23(24,25)26/h3-4,7,10-12,18-19,31H,2,5-6,9,13H2,1H3,(H,30,33,34)/t18-,19+/m1/s1. The highest BCUT2D eigenvalue weighted by Gasteiger charge is 2.34. The molecule has 10 nitrogen and oxygen atoms in total. The molecule has 3 aromatic rings. The van der Waals surface area contributed by atoms with Crippen LogP contribution in [0.5, 0.6) is 0 Å². The van der Waals surface area contributed by atoms with Crippen molar-refractivity contribution in [2.75, 3.05) is 24.2 Å². The molecule has 0 saturated carbocycles. The number of nitrogens with zero attached hydrogens (tertiary/aromatic N) is 6. The summed E-state index contributed by atoms with van der Waals surface area (Å²) < 4.78 is 41.7. The van der Waals surface area contributed by atoms with E-state index in [9.17, 15) is 18.1 Å². The topological polar surface area (TPSA) is 129 Å². The number of hydrogen-bond acceptors (Lipinski definition) is 8. The number of sulfonamides is 1. The summed E-state index contributed by atoms with van der Waals surface area (Å²) in [6, 6.07) is 6.65. The molecule has 196 valence electrons. The minimum Gasteiger partial charge on any atom is -0.348 e. The molecule has 2 aromatic heterocycles. The zero-order valence-electron chi connectivity index (χ0n) is 21.1. The van der Waals surface area contributed by atoms with Crippen molar-refractivity contribution in [3.8, 4) is 23.0 Å². The van der Waals surface area contributed by atoms with Gasteiger partial charge in [-0.1, -0.05) is 22.9 Å². The van der Waals surface area contributed by atoms with Crippen molar-refractivity contribution in [2.45, 2.75) is 37.3 Å². The van der Waals surface area contributed by atoms with Gasteiger partial charge in [-0.25, -0.2) is 27.5 Å². The van der Waals surface area contributed by atoms with Crippen LogP contribution in [-0.4, -0.2) is 92.3 Å². The van der Waals surface area contributed by atoms with E-state index in [-0.39, 0.29) is 36.8 Å². The Morgan fingerprint density at radius 1 is 1.31 bits per heavy atom. The molecular formula is C23H23B3ClFN8O2S. The van der Waals surface area contributed by atoms with Crippen molar-refractivity contribution >= 4 is 51.1 Å². The van der Waals surface area contributed by atoms with Crippen LogP contribution in [0.3, 0.4) is 0 Å². The van der Waals surface area contributed by atoms with E-state index in [1.807, 2.05) is 0 Å². The maximum absolute atomic E-state index is 14.9. The summed E-state index contributed by atoms with van der Waals surface area (Å²) in [4.78, 5) is 8.59. The lowest BCUT2D eigenvalue weighted by molar-refractivity contribution is 0.186. The van der Waals surface area contributed by atoms with Crippen molar-refractivity contribution in [3.05, 3.63) is 52.9 Å². The van der Waals surface area contributed by atoms with Gasteiger partial charge in [-0.15, -0.1) is 0 Å². The Kier molecular flexibility index (Phi) is 8.71. The lowest BCUT2D eigenvalue weighted by Gasteiger charge is -2.34. The first-order valence-corrected chi connectivity index (χ1v) is 14.0. The number of aromatic nitrogens is 4. The zero-order chi connectivity index (χ0) is 28.4. The molecule has 16 heteroatoms. The molecule has 1 aromatic carbocycles. The second kappa shape index (κ2) is 11.7. The van der Waals surface area contributed by atoms with Gasteiger partial charge in [-0.3, -0.25) is 0 Å². The fraction of sp³-hybridized carbons (Fsp3) is 0.391. The van der Waals surface area contributed by atoms with Crippen LogP contribution in [0.4, 0.5) is 10.3 Å². The Balaban J connectivity index is 1.52. The van der Waals surface area contributed by atoms with E-state index in [0.29, 0.717) is 28.5 Å². The minimum atomic E-state index is -3.48. The van der Waals surface area contributed by atoms with E-state index in [0.717, 1.165) is 9.87 Å². The molecule has 2 atom stereocenters. The molecule has 0 amide bonds. The van der Waals surface area contributed by atoms with Gasteiger partial charge in [0.15, 0.2) is 0 Å². The molecule has 4 rings (SSSR count). The zero-order valence-corrected chi connectivity index (χ0v) is 22.6. The Bertz CT molecular complexity index is 1500. The number of alkyl halides is 1. The molecule has 0 spiro atoms. The predicted octanol–water partition coefficient (Wildman–Crippen LogP) is 1.23. The number of benzene rings is 1. The molecule has 1 saturated heterocycles. The van der Waals surface area contributed by atoms with Crippen LogP contribution in [0.25, 0.3) is 16.9 Å². The monoisotopic (exact) mass is 562 g/mol. The highest BCUT2D eigenvalue weighted by molar-refractivity contribution is 7.89. The summed E-state index contributed by atoms with van der Waals surface area (Å²) in [5, 5.41) is 18.6. The van der Waals surface area contributed by atoms with Crippen molar-refractivity contribution in [2.24, 2.45) is 0 Å². The Morgan fingerprint density at radius 3 is 2.72 bits per heavy atom. The van der Waals surface area contributed by atoms with E-state index < -0.39 is 27.5 Å². The summed E-state index contributed by atoms with van der Waals surface area (Å²) >= 11 is 6.48. The molecule has 1 aliphatic rings. The van der Waals surface area contributed by atoms with Crippen LogP contribution in [0.1, 0.15) is 24.5 Å². The van der Waals surface area contributed by atoms with Crippen LogP contribution in [0.2, 0.25) is 5.02 Å². The first kappa shape index (κ1) is 29.1. The van der Waals surface area contributed by atoms with E-state index in [4.69, 9.17) is 35.1 Å². The normalized spacial score (nSPS) is 18.5. The molecule has 6 radical (unpaired) electrons. The first-order chi connectivity index (χ1) is 18.4. The van der Waals surface area contributed by atoms with Gasteiger partial charge in [0.05, 0.1) is 69.7 Å². The lowest BCUT2D eigenvalue weighted by atomic mass is 9.49. The lowest BCUT2D eigenvalue weighted by Crippen LogP contribution is -2.50. The van der Waals surface area contributed by atoms with Gasteiger partial charge in [0, 0.05) is 31.4 Å². The van der Waals surface area contributed by atoms with Crippen LogP contribution in [-0.2, 0) is 16.6 Å². The summed E-state index contributed by atoms with van der Waals surface area (Å²) in [6.45, 7) is 1.76. The number of hydrogen-bond donors (Lipinski definition) is 2. The Labute approximate surface area is 235 Å². The molecule has 0 unspecified atom stereocenters. The number of rotatable bonds is 9. The number of anilines is 1. The van der Waals surface area contributed by atoms with Gasteiger partial charge in [0.25, 0.3) is 0 Å². The quantitative estimate of drug-likeness (QED) is 0.373. The van der Waals surface area contributed by atoms with Gasteiger partial charge >= 0.3 is 0 Å². The molecule has 3 heterocycles. The number of nitrogens with one attached hydrogen (secondary N) is 2. The summed E-state index contributed by atoms with van der Waals surface area (Å²) in [7, 11) is 13.1. The van der Waals surface area contributed by atoms with Crippen molar-refractivity contribution in [1.82, 2.24) is 29.4 Å². The third kappa shape index (κ3) is 7.00. The van der Waals surface area contributed by atoms with Crippen molar-refractivity contribution in [3.63, 3.8) is 0 Å². The fourth-order valence-corrected chi connectivity index (χ4v) is 5.48. The highest BCUT2D eigenvalue weighted by atomic mass is 35.5. The van der Waals surface area contributed by atoms with Crippen LogP contribution < -0.4 is 10.6 Å². The third-order valence-corrected chi connectivity index (χ3v) is 8.35. The molecule has 0 aliphatic carbocycles. The van der Waals surface area contributed by atoms with Gasteiger partial charge in [-0.2, -0.15) is 14.7 Å². The Morgan fingerprint density at radius 2 is 2.08 bits per heavy atom. The summed E-state index contributed by atoms with van der Waals surface area (Å²) in [5.41, 5.74) is 2.38. The average molecular weight is 562 g/mol. The van der Waals surface area contributed by atoms with Crippen LogP contribution in [0, 0.1) is 11.3 Å². The molecule has 1 aliphatic heterocycles. The molecule has 0 bridgehead atoms. The second-order valence-electron chi connectivity index (χ2n) is 9.13. The smallest absolute Gasteiger partial charge is 0.223 e. The minimum absolute atomic E-state index is 0.0857. The average Bonchev–Trinajstić information content (AvgIpc) is 3.38.